The summed E-state index contributed by atoms with van der Waals surface area (Å²) in [4.78, 5) is 7.35. The number of hydrogen-bond acceptors (Lipinski definition) is 3. The fourth-order valence-electron chi connectivity index (χ4n) is 2.31. The largest absolute Gasteiger partial charge is 0.378 e. The molecule has 4 nitrogen and oxygen atoms in total. The van der Waals surface area contributed by atoms with Gasteiger partial charge in [-0.15, -0.1) is 0 Å². The summed E-state index contributed by atoms with van der Waals surface area (Å²) in [5.74, 6) is 1.68. The summed E-state index contributed by atoms with van der Waals surface area (Å²) in [5, 5.41) is 3.60. The second-order valence-corrected chi connectivity index (χ2v) is 5.11. The molecule has 4 heteroatoms. The number of aromatic nitrogens is 2. The Labute approximate surface area is 103 Å². The van der Waals surface area contributed by atoms with Gasteiger partial charge in [-0.1, -0.05) is 13.8 Å². The summed E-state index contributed by atoms with van der Waals surface area (Å²) in [7, 11) is 0. The average molecular weight is 237 g/mol. The molecular weight excluding hydrogens is 214 g/mol. The average Bonchev–Trinajstić information content (AvgIpc) is 2.82. The summed E-state index contributed by atoms with van der Waals surface area (Å²) in [5.41, 5.74) is 0. The van der Waals surface area contributed by atoms with Crippen LogP contribution in [-0.4, -0.2) is 35.3 Å². The van der Waals surface area contributed by atoms with Gasteiger partial charge in [0.1, 0.15) is 5.82 Å². The molecule has 0 saturated carbocycles. The van der Waals surface area contributed by atoms with Crippen molar-refractivity contribution in [2.24, 2.45) is 5.92 Å². The Morgan fingerprint density at radius 2 is 2.47 bits per heavy atom. The number of hydrogen-bond donors (Lipinski definition) is 2. The molecule has 1 aromatic rings. The molecule has 96 valence electrons. The molecule has 0 aromatic carbocycles. The Morgan fingerprint density at radius 3 is 3.18 bits per heavy atom. The highest BCUT2D eigenvalue weighted by Crippen LogP contribution is 2.19. The second-order valence-electron chi connectivity index (χ2n) is 5.11. The number of H-pyrrole nitrogens is 1. The Kier molecular flexibility index (Phi) is 4.57. The summed E-state index contributed by atoms with van der Waals surface area (Å²) in [6, 6.07) is 0.603. The zero-order chi connectivity index (χ0) is 12.1. The summed E-state index contributed by atoms with van der Waals surface area (Å²) >= 11 is 0. The van der Waals surface area contributed by atoms with Crippen LogP contribution in [0.3, 0.4) is 0 Å². The molecule has 2 rings (SSSR count). The van der Waals surface area contributed by atoms with Gasteiger partial charge in [-0.05, 0) is 18.8 Å². The molecule has 2 heterocycles. The molecule has 1 aliphatic rings. The minimum absolute atomic E-state index is 0.421. The minimum atomic E-state index is 0.421. The minimum Gasteiger partial charge on any atom is -0.378 e. The number of aromatic amines is 1. The quantitative estimate of drug-likeness (QED) is 0.820. The summed E-state index contributed by atoms with van der Waals surface area (Å²) in [6.45, 7) is 6.34. The number of nitrogens with zero attached hydrogens (tertiary/aromatic N) is 1. The molecule has 0 spiro atoms. The number of imidazole rings is 1. The lowest BCUT2D eigenvalue weighted by Gasteiger charge is -2.32. The highest BCUT2D eigenvalue weighted by molar-refractivity contribution is 4.88. The first-order valence-electron chi connectivity index (χ1n) is 6.59. The van der Waals surface area contributed by atoms with Gasteiger partial charge >= 0.3 is 0 Å². The smallest absolute Gasteiger partial charge is 0.107 e. The van der Waals surface area contributed by atoms with Gasteiger partial charge in [0.05, 0.1) is 6.10 Å². The van der Waals surface area contributed by atoms with Crippen molar-refractivity contribution in [1.29, 1.82) is 0 Å². The molecule has 17 heavy (non-hydrogen) atoms. The van der Waals surface area contributed by atoms with Gasteiger partial charge in [0.25, 0.3) is 0 Å². The first-order chi connectivity index (χ1) is 8.25. The third-order valence-electron chi connectivity index (χ3n) is 3.41. The van der Waals surface area contributed by atoms with Gasteiger partial charge in [0.2, 0.25) is 0 Å². The van der Waals surface area contributed by atoms with Gasteiger partial charge in [0, 0.05) is 38.0 Å². The predicted octanol–water partition coefficient (Wildman–Crippen LogP) is 1.75. The predicted molar refractivity (Wildman–Crippen MR) is 67.9 cm³/mol. The van der Waals surface area contributed by atoms with Crippen LogP contribution in [0.5, 0.6) is 0 Å². The number of nitrogens with one attached hydrogen (secondary N) is 2. The third-order valence-corrected chi connectivity index (χ3v) is 3.41. The molecule has 1 saturated heterocycles. The first-order valence-corrected chi connectivity index (χ1v) is 6.59. The van der Waals surface area contributed by atoms with E-state index in [4.69, 9.17) is 4.74 Å². The molecule has 2 atom stereocenters. The van der Waals surface area contributed by atoms with Crippen LogP contribution >= 0.6 is 0 Å². The maximum Gasteiger partial charge on any atom is 0.107 e. The van der Waals surface area contributed by atoms with E-state index in [1.807, 2.05) is 6.20 Å². The Hall–Kier alpha value is -0.870. The van der Waals surface area contributed by atoms with Crippen molar-refractivity contribution < 1.29 is 4.74 Å². The van der Waals surface area contributed by atoms with E-state index in [2.05, 4.69) is 29.1 Å². The monoisotopic (exact) mass is 237 g/mol. The van der Waals surface area contributed by atoms with E-state index in [1.54, 1.807) is 6.20 Å². The first kappa shape index (κ1) is 12.6. The maximum atomic E-state index is 5.76. The van der Waals surface area contributed by atoms with Crippen LogP contribution in [0.15, 0.2) is 12.4 Å². The van der Waals surface area contributed by atoms with Gasteiger partial charge in [-0.25, -0.2) is 4.98 Å². The van der Waals surface area contributed by atoms with E-state index in [9.17, 15) is 0 Å². The fraction of sp³-hybridized carbons (Fsp3) is 0.769. The molecule has 2 unspecified atom stereocenters. The van der Waals surface area contributed by atoms with Crippen molar-refractivity contribution in [2.45, 2.75) is 45.3 Å². The topological polar surface area (TPSA) is 49.9 Å². The van der Waals surface area contributed by atoms with Gasteiger partial charge < -0.3 is 15.0 Å². The van der Waals surface area contributed by atoms with Gasteiger partial charge in [-0.3, -0.25) is 0 Å². The maximum absolute atomic E-state index is 5.76. The van der Waals surface area contributed by atoms with Gasteiger partial charge in [-0.2, -0.15) is 0 Å². The van der Waals surface area contributed by atoms with E-state index in [0.29, 0.717) is 18.1 Å². The molecule has 2 N–H and O–H groups in total. The Morgan fingerprint density at radius 1 is 1.59 bits per heavy atom. The van der Waals surface area contributed by atoms with E-state index in [-0.39, 0.29) is 0 Å². The van der Waals surface area contributed by atoms with E-state index < -0.39 is 0 Å². The van der Waals surface area contributed by atoms with Crippen molar-refractivity contribution >= 4 is 0 Å². The van der Waals surface area contributed by atoms with E-state index in [0.717, 1.165) is 38.2 Å². The number of rotatable bonds is 5. The standard InChI is InChI=1S/C13H23N3O/c1-10(2)12-9-11(4-8-17-12)14-5-3-13-15-6-7-16-13/h6-7,10-12,14H,3-5,8-9H2,1-2H3,(H,15,16). The molecule has 1 fully saturated rings. The zero-order valence-corrected chi connectivity index (χ0v) is 10.8. The van der Waals surface area contributed by atoms with Crippen molar-refractivity contribution in [3.8, 4) is 0 Å². The van der Waals surface area contributed by atoms with Crippen LogP contribution in [0.25, 0.3) is 0 Å². The Bertz CT molecular complexity index is 310. The van der Waals surface area contributed by atoms with E-state index >= 15 is 0 Å². The van der Waals surface area contributed by atoms with Crippen molar-refractivity contribution in [2.75, 3.05) is 13.2 Å². The van der Waals surface area contributed by atoms with Crippen molar-refractivity contribution in [3.63, 3.8) is 0 Å². The van der Waals surface area contributed by atoms with Crippen LogP contribution in [-0.2, 0) is 11.2 Å². The normalized spacial score (nSPS) is 25.4. The molecule has 0 amide bonds. The highest BCUT2D eigenvalue weighted by Gasteiger charge is 2.24. The molecular formula is C13H23N3O. The highest BCUT2D eigenvalue weighted by atomic mass is 16.5. The summed E-state index contributed by atoms with van der Waals surface area (Å²) in [6.07, 6.45) is 7.33. The van der Waals surface area contributed by atoms with Crippen LogP contribution in [0.4, 0.5) is 0 Å². The lowest BCUT2D eigenvalue weighted by Crippen LogP contribution is -2.41. The SMILES string of the molecule is CC(C)C1CC(NCCc2ncc[nH]2)CCO1. The molecule has 1 aromatic heterocycles. The Balaban J connectivity index is 1.68. The molecule has 0 bridgehead atoms. The van der Waals surface area contributed by atoms with Crippen molar-refractivity contribution in [3.05, 3.63) is 18.2 Å². The lowest BCUT2D eigenvalue weighted by atomic mass is 9.95. The van der Waals surface area contributed by atoms with Crippen LogP contribution in [0, 0.1) is 5.92 Å². The fourth-order valence-corrected chi connectivity index (χ4v) is 2.31. The van der Waals surface area contributed by atoms with Gasteiger partial charge in [0.15, 0.2) is 0 Å². The van der Waals surface area contributed by atoms with Crippen LogP contribution in [0.2, 0.25) is 0 Å². The summed E-state index contributed by atoms with van der Waals surface area (Å²) < 4.78 is 5.76. The lowest BCUT2D eigenvalue weighted by molar-refractivity contribution is -0.0242. The molecule has 0 radical (unpaired) electrons. The van der Waals surface area contributed by atoms with Crippen LogP contribution < -0.4 is 5.32 Å². The zero-order valence-electron chi connectivity index (χ0n) is 10.8. The molecule has 1 aliphatic heterocycles. The van der Waals surface area contributed by atoms with E-state index in [1.165, 1.54) is 0 Å². The van der Waals surface area contributed by atoms with Crippen LogP contribution in [0.1, 0.15) is 32.5 Å². The molecule has 0 aliphatic carbocycles. The number of ether oxygens (including phenoxy) is 1. The van der Waals surface area contributed by atoms with Crippen molar-refractivity contribution in [1.82, 2.24) is 15.3 Å². The second kappa shape index (κ2) is 6.17. The third kappa shape index (κ3) is 3.82.